The molecule has 0 N–H and O–H groups in total. The van der Waals surface area contributed by atoms with E-state index in [1.807, 2.05) is 0 Å². The molecule has 1 aromatic carbocycles. The molecule has 20 heavy (non-hydrogen) atoms. The number of rotatable bonds is 3. The lowest BCUT2D eigenvalue weighted by atomic mass is 10.1. The number of hydrogen-bond donors (Lipinski definition) is 0. The second kappa shape index (κ2) is 4.91. The molecule has 3 rings (SSSR count). The van der Waals surface area contributed by atoms with Crippen molar-refractivity contribution in [2.24, 2.45) is 0 Å². The molecule has 3 aromatic rings. The van der Waals surface area contributed by atoms with E-state index < -0.39 is 0 Å². The van der Waals surface area contributed by atoms with E-state index in [4.69, 9.17) is 0 Å². The van der Waals surface area contributed by atoms with Gasteiger partial charge in [0.05, 0.1) is 11.2 Å². The van der Waals surface area contributed by atoms with Crippen LogP contribution in [0.15, 0.2) is 30.3 Å². The van der Waals surface area contributed by atoms with E-state index >= 15 is 0 Å². The number of benzene rings is 1. The molecule has 0 aliphatic heterocycles. The van der Waals surface area contributed by atoms with Gasteiger partial charge in [0, 0.05) is 35.1 Å². The molecule has 2 heterocycles. The van der Waals surface area contributed by atoms with Gasteiger partial charge in [-0.15, -0.1) is 0 Å². The fourth-order valence-corrected chi connectivity index (χ4v) is 2.96. The molecule has 104 valence electrons. The Kier molecular flexibility index (Phi) is 3.22. The van der Waals surface area contributed by atoms with E-state index in [1.165, 1.54) is 21.8 Å². The third-order valence-electron chi connectivity index (χ3n) is 3.82. The van der Waals surface area contributed by atoms with Gasteiger partial charge in [-0.3, -0.25) is 4.98 Å². The number of likely N-dealkylation sites (N-methyl/N-ethyl adjacent to an activating group) is 1. The molecule has 0 unspecified atom stereocenters. The van der Waals surface area contributed by atoms with Crippen molar-refractivity contribution in [2.45, 2.75) is 20.4 Å². The van der Waals surface area contributed by atoms with Crippen LogP contribution in [-0.2, 0) is 6.54 Å². The first-order valence-corrected chi connectivity index (χ1v) is 7.08. The van der Waals surface area contributed by atoms with Gasteiger partial charge in [0.1, 0.15) is 0 Å². The van der Waals surface area contributed by atoms with Crippen LogP contribution in [0.5, 0.6) is 0 Å². The molecule has 0 aliphatic carbocycles. The largest absolute Gasteiger partial charge is 0.338 e. The normalized spacial score (nSPS) is 11.8. The molecule has 0 radical (unpaired) electrons. The molecule has 3 nitrogen and oxygen atoms in total. The third kappa shape index (κ3) is 2.08. The third-order valence-corrected chi connectivity index (χ3v) is 3.82. The summed E-state index contributed by atoms with van der Waals surface area (Å²) in [6.07, 6.45) is 0. The number of pyridine rings is 1. The van der Waals surface area contributed by atoms with Crippen LogP contribution in [0.4, 0.5) is 0 Å². The monoisotopic (exact) mass is 267 g/mol. The summed E-state index contributed by atoms with van der Waals surface area (Å²) in [7, 11) is 4.23. The Morgan fingerprint density at radius 1 is 1.10 bits per heavy atom. The summed E-state index contributed by atoms with van der Waals surface area (Å²) in [5, 5.41) is 2.65. The number of aromatic nitrogens is 2. The van der Waals surface area contributed by atoms with Crippen molar-refractivity contribution in [3.05, 3.63) is 41.7 Å². The summed E-state index contributed by atoms with van der Waals surface area (Å²) in [5.74, 6) is 0. The molecular weight excluding hydrogens is 246 g/mol. The number of nitrogens with zero attached hydrogens (tertiary/aromatic N) is 3. The van der Waals surface area contributed by atoms with Crippen LogP contribution in [0, 0.1) is 13.8 Å². The van der Waals surface area contributed by atoms with E-state index in [0.29, 0.717) is 0 Å². The zero-order valence-electron chi connectivity index (χ0n) is 12.6. The summed E-state index contributed by atoms with van der Waals surface area (Å²) in [6.45, 7) is 6.20. The fourth-order valence-electron chi connectivity index (χ4n) is 2.96. The highest BCUT2D eigenvalue weighted by molar-refractivity contribution is 6.08. The van der Waals surface area contributed by atoms with E-state index in [-0.39, 0.29) is 0 Å². The summed E-state index contributed by atoms with van der Waals surface area (Å²) < 4.78 is 2.41. The predicted octanol–water partition coefficient (Wildman–Crippen LogP) is 3.37. The van der Waals surface area contributed by atoms with Crippen molar-refractivity contribution in [3.63, 3.8) is 0 Å². The Morgan fingerprint density at radius 2 is 1.85 bits per heavy atom. The first-order chi connectivity index (χ1) is 9.58. The lowest BCUT2D eigenvalue weighted by Crippen LogP contribution is -2.18. The molecule has 0 spiro atoms. The maximum absolute atomic E-state index is 4.65. The summed E-state index contributed by atoms with van der Waals surface area (Å²) in [6, 6.07) is 10.9. The average Bonchev–Trinajstić information content (AvgIpc) is 2.71. The van der Waals surface area contributed by atoms with Crippen molar-refractivity contribution in [3.8, 4) is 0 Å². The quantitative estimate of drug-likeness (QED) is 0.725. The molecule has 0 bridgehead atoms. The lowest BCUT2D eigenvalue weighted by Gasteiger charge is -2.13. The Labute approximate surface area is 119 Å². The standard InChI is InChI=1S/C17H21N3/c1-12-11-15-14-7-5-6-8-16(14)20(10-9-19(3)4)17(15)13(2)18-12/h5-8,11H,9-10H2,1-4H3. The van der Waals surface area contributed by atoms with Crippen LogP contribution in [-0.4, -0.2) is 35.1 Å². The van der Waals surface area contributed by atoms with Crippen molar-refractivity contribution in [1.82, 2.24) is 14.5 Å². The molecular formula is C17H21N3. The molecule has 0 saturated heterocycles. The van der Waals surface area contributed by atoms with Crippen molar-refractivity contribution < 1.29 is 0 Å². The minimum Gasteiger partial charge on any atom is -0.338 e. The number of aryl methyl sites for hydroxylation is 2. The zero-order chi connectivity index (χ0) is 14.3. The fraction of sp³-hybridized carbons (Fsp3) is 0.353. The van der Waals surface area contributed by atoms with Gasteiger partial charge in [0.25, 0.3) is 0 Å². The average molecular weight is 267 g/mol. The minimum atomic E-state index is 0.989. The van der Waals surface area contributed by atoms with E-state index in [1.54, 1.807) is 0 Å². The topological polar surface area (TPSA) is 21.1 Å². The van der Waals surface area contributed by atoms with Gasteiger partial charge >= 0.3 is 0 Å². The van der Waals surface area contributed by atoms with Crippen LogP contribution in [0.2, 0.25) is 0 Å². The smallest absolute Gasteiger partial charge is 0.0708 e. The predicted molar refractivity (Wildman–Crippen MR) is 85.3 cm³/mol. The Bertz CT molecular complexity index is 769. The number of para-hydroxylation sites is 1. The van der Waals surface area contributed by atoms with Crippen LogP contribution in [0.1, 0.15) is 11.4 Å². The summed E-state index contributed by atoms with van der Waals surface area (Å²) in [5.41, 5.74) is 4.79. The molecule has 0 fully saturated rings. The highest BCUT2D eigenvalue weighted by Gasteiger charge is 2.13. The Morgan fingerprint density at radius 3 is 2.60 bits per heavy atom. The maximum atomic E-state index is 4.65. The van der Waals surface area contributed by atoms with Crippen molar-refractivity contribution in [1.29, 1.82) is 0 Å². The highest BCUT2D eigenvalue weighted by atomic mass is 15.1. The van der Waals surface area contributed by atoms with Crippen LogP contribution in [0.3, 0.4) is 0 Å². The molecule has 2 aromatic heterocycles. The maximum Gasteiger partial charge on any atom is 0.0708 e. The molecule has 0 aliphatic rings. The van der Waals surface area contributed by atoms with Crippen molar-refractivity contribution >= 4 is 21.8 Å². The van der Waals surface area contributed by atoms with Gasteiger partial charge in [-0.1, -0.05) is 18.2 Å². The minimum absolute atomic E-state index is 0.989. The van der Waals surface area contributed by atoms with E-state index in [2.05, 4.69) is 72.7 Å². The van der Waals surface area contributed by atoms with Crippen LogP contribution < -0.4 is 0 Å². The zero-order valence-corrected chi connectivity index (χ0v) is 12.6. The van der Waals surface area contributed by atoms with Crippen LogP contribution in [0.25, 0.3) is 21.8 Å². The molecule has 3 heteroatoms. The van der Waals surface area contributed by atoms with Gasteiger partial charge < -0.3 is 9.47 Å². The van der Waals surface area contributed by atoms with E-state index in [0.717, 1.165) is 24.5 Å². The first kappa shape index (κ1) is 13.1. The van der Waals surface area contributed by atoms with E-state index in [9.17, 15) is 0 Å². The molecule has 0 saturated carbocycles. The highest BCUT2D eigenvalue weighted by Crippen LogP contribution is 2.30. The first-order valence-electron chi connectivity index (χ1n) is 7.08. The second-order valence-corrected chi connectivity index (χ2v) is 5.72. The summed E-state index contributed by atoms with van der Waals surface area (Å²) in [4.78, 5) is 6.87. The van der Waals surface area contributed by atoms with Gasteiger partial charge in [0.15, 0.2) is 0 Å². The summed E-state index contributed by atoms with van der Waals surface area (Å²) >= 11 is 0. The number of fused-ring (bicyclic) bond motifs is 3. The Hall–Kier alpha value is -1.87. The van der Waals surface area contributed by atoms with Gasteiger partial charge in [-0.25, -0.2) is 0 Å². The van der Waals surface area contributed by atoms with Crippen molar-refractivity contribution in [2.75, 3.05) is 20.6 Å². The van der Waals surface area contributed by atoms with Gasteiger partial charge in [-0.2, -0.15) is 0 Å². The van der Waals surface area contributed by atoms with Gasteiger partial charge in [-0.05, 0) is 40.1 Å². The molecule has 0 amide bonds. The molecule has 0 atom stereocenters. The Balaban J connectivity index is 2.33. The number of hydrogen-bond acceptors (Lipinski definition) is 2. The van der Waals surface area contributed by atoms with Gasteiger partial charge in [0.2, 0.25) is 0 Å². The SMILES string of the molecule is Cc1cc2c3ccccc3n(CCN(C)C)c2c(C)n1. The van der Waals surface area contributed by atoms with Crippen LogP contribution >= 0.6 is 0 Å². The lowest BCUT2D eigenvalue weighted by molar-refractivity contribution is 0.389. The second-order valence-electron chi connectivity index (χ2n) is 5.72.